The van der Waals surface area contributed by atoms with Crippen LogP contribution in [0.25, 0.3) is 0 Å². The van der Waals surface area contributed by atoms with Crippen molar-refractivity contribution < 1.29 is 4.74 Å². The molecule has 0 saturated heterocycles. The van der Waals surface area contributed by atoms with Gasteiger partial charge in [-0.2, -0.15) is 0 Å². The van der Waals surface area contributed by atoms with Crippen LogP contribution >= 0.6 is 24.2 Å². The van der Waals surface area contributed by atoms with E-state index in [-0.39, 0.29) is 17.6 Å². The highest BCUT2D eigenvalue weighted by Gasteiger charge is 2.10. The van der Waals surface area contributed by atoms with Gasteiger partial charge in [0.15, 0.2) is 5.17 Å². The van der Waals surface area contributed by atoms with Crippen LogP contribution in [-0.2, 0) is 23.7 Å². The summed E-state index contributed by atoms with van der Waals surface area (Å²) in [7, 11) is 0. The molecule has 1 aliphatic heterocycles. The van der Waals surface area contributed by atoms with Crippen LogP contribution in [0.15, 0.2) is 18.2 Å². The summed E-state index contributed by atoms with van der Waals surface area (Å²) >= 11 is 1.35. The van der Waals surface area contributed by atoms with Gasteiger partial charge in [-0.05, 0) is 16.7 Å². The molecule has 0 spiro atoms. The lowest BCUT2D eigenvalue weighted by atomic mass is 10.1. The summed E-state index contributed by atoms with van der Waals surface area (Å²) in [5, 5.41) is 7.28. The van der Waals surface area contributed by atoms with Gasteiger partial charge < -0.3 is 10.5 Å². The van der Waals surface area contributed by atoms with Crippen molar-refractivity contribution in [2.75, 3.05) is 0 Å². The van der Waals surface area contributed by atoms with E-state index in [0.29, 0.717) is 6.61 Å². The second-order valence-electron chi connectivity index (χ2n) is 3.25. The first-order chi connectivity index (χ1) is 6.75. The van der Waals surface area contributed by atoms with E-state index < -0.39 is 0 Å². The van der Waals surface area contributed by atoms with Crippen LogP contribution in [0.4, 0.5) is 0 Å². The molecule has 0 fully saturated rings. The Labute approximate surface area is 99.3 Å². The summed E-state index contributed by atoms with van der Waals surface area (Å²) in [6.07, 6.45) is 0. The quantitative estimate of drug-likeness (QED) is 0.620. The second-order valence-corrected chi connectivity index (χ2v) is 4.27. The summed E-state index contributed by atoms with van der Waals surface area (Å²) in [5.41, 5.74) is 9.03. The van der Waals surface area contributed by atoms with Crippen LogP contribution in [-0.4, -0.2) is 5.17 Å². The minimum atomic E-state index is 0. The maximum Gasteiger partial charge on any atom is 0.151 e. The third-order valence-corrected chi connectivity index (χ3v) is 2.97. The Hall–Kier alpha value is -0.710. The fourth-order valence-electron chi connectivity index (χ4n) is 1.48. The number of rotatable bonds is 2. The Balaban J connectivity index is 0.00000112. The van der Waals surface area contributed by atoms with Crippen molar-refractivity contribution in [2.24, 2.45) is 5.73 Å². The normalized spacial score (nSPS) is 13.1. The van der Waals surface area contributed by atoms with Crippen molar-refractivity contribution in [3.63, 3.8) is 0 Å². The summed E-state index contributed by atoms with van der Waals surface area (Å²) in [6, 6.07) is 6.31. The maximum atomic E-state index is 7.11. The Morgan fingerprint density at radius 3 is 2.87 bits per heavy atom. The Morgan fingerprint density at radius 2 is 2.13 bits per heavy atom. The number of hydrogen-bond acceptors (Lipinski definition) is 3. The molecule has 0 aromatic heterocycles. The highest BCUT2D eigenvalue weighted by molar-refractivity contribution is 8.13. The predicted molar refractivity (Wildman–Crippen MR) is 65.4 cm³/mol. The summed E-state index contributed by atoms with van der Waals surface area (Å²) in [6.45, 7) is 1.45. The maximum absolute atomic E-state index is 7.11. The van der Waals surface area contributed by atoms with Crippen molar-refractivity contribution in [1.29, 1.82) is 5.41 Å². The minimum absolute atomic E-state index is 0. The molecule has 0 saturated carbocycles. The largest absolute Gasteiger partial charge is 0.379 e. The lowest BCUT2D eigenvalue weighted by molar-refractivity contribution is 0.134. The Morgan fingerprint density at radius 1 is 1.40 bits per heavy atom. The average molecular weight is 245 g/mol. The van der Waals surface area contributed by atoms with Crippen LogP contribution < -0.4 is 5.73 Å². The summed E-state index contributed by atoms with van der Waals surface area (Å²) in [5.74, 6) is 0.766. The van der Waals surface area contributed by atoms with Crippen LogP contribution in [0.5, 0.6) is 0 Å². The third-order valence-electron chi connectivity index (χ3n) is 2.18. The number of nitrogens with two attached hydrogens (primary N) is 1. The zero-order valence-electron chi connectivity index (χ0n) is 8.16. The van der Waals surface area contributed by atoms with E-state index in [1.54, 1.807) is 0 Å². The molecule has 0 atom stereocenters. The van der Waals surface area contributed by atoms with Gasteiger partial charge in [-0.3, -0.25) is 5.41 Å². The van der Waals surface area contributed by atoms with Gasteiger partial charge in [0.2, 0.25) is 0 Å². The zero-order chi connectivity index (χ0) is 9.97. The molecule has 0 unspecified atom stereocenters. The molecule has 0 aliphatic carbocycles. The van der Waals surface area contributed by atoms with Crippen molar-refractivity contribution in [3.05, 3.63) is 34.9 Å². The second kappa shape index (κ2) is 5.39. The number of halogens is 1. The fourth-order valence-corrected chi connectivity index (χ4v) is 1.98. The van der Waals surface area contributed by atoms with Crippen LogP contribution in [0.2, 0.25) is 0 Å². The molecule has 82 valence electrons. The molecule has 3 nitrogen and oxygen atoms in total. The number of thioether (sulfide) groups is 1. The smallest absolute Gasteiger partial charge is 0.151 e. The van der Waals surface area contributed by atoms with Crippen molar-refractivity contribution in [1.82, 2.24) is 0 Å². The first-order valence-corrected chi connectivity index (χ1v) is 5.39. The van der Waals surface area contributed by atoms with Crippen LogP contribution in [0.3, 0.4) is 0 Å². The topological polar surface area (TPSA) is 59.1 Å². The molecule has 0 bridgehead atoms. The number of ether oxygens (including phenoxy) is 1. The fraction of sp³-hybridized carbons (Fsp3) is 0.300. The molecule has 1 heterocycles. The SMILES string of the molecule is Cl.N=C(N)SCc1ccc2c(c1)COC2. The Kier molecular flexibility index (Phi) is 4.45. The number of benzene rings is 1. The molecule has 0 radical (unpaired) electrons. The Bertz CT molecular complexity index is 370. The highest BCUT2D eigenvalue weighted by Crippen LogP contribution is 2.22. The first-order valence-electron chi connectivity index (χ1n) is 4.41. The zero-order valence-corrected chi connectivity index (χ0v) is 9.79. The lowest BCUT2D eigenvalue weighted by Gasteiger charge is -2.02. The van der Waals surface area contributed by atoms with E-state index in [1.807, 2.05) is 0 Å². The molecule has 3 N–H and O–H groups in total. The molecule has 0 amide bonds. The van der Waals surface area contributed by atoms with E-state index in [2.05, 4.69) is 18.2 Å². The van der Waals surface area contributed by atoms with Gasteiger partial charge in [-0.1, -0.05) is 30.0 Å². The van der Waals surface area contributed by atoms with Gasteiger partial charge in [0, 0.05) is 5.75 Å². The number of hydrogen-bond donors (Lipinski definition) is 2. The first kappa shape index (κ1) is 12.4. The van der Waals surface area contributed by atoms with E-state index in [4.69, 9.17) is 15.9 Å². The standard InChI is InChI=1S/C10H12N2OS.ClH/c11-10(12)14-6-7-1-2-8-4-13-5-9(8)3-7;/h1-3H,4-6H2,(H3,11,12);1H. The predicted octanol–water partition coefficient (Wildman–Crippen LogP) is 2.27. The number of amidine groups is 1. The molecule has 1 aromatic carbocycles. The molecule has 1 aliphatic rings. The van der Waals surface area contributed by atoms with E-state index in [9.17, 15) is 0 Å². The van der Waals surface area contributed by atoms with Gasteiger partial charge in [-0.25, -0.2) is 0 Å². The number of fused-ring (bicyclic) bond motifs is 1. The van der Waals surface area contributed by atoms with Crippen LogP contribution in [0.1, 0.15) is 16.7 Å². The van der Waals surface area contributed by atoms with Gasteiger partial charge in [0.1, 0.15) is 0 Å². The van der Waals surface area contributed by atoms with Gasteiger partial charge >= 0.3 is 0 Å². The lowest BCUT2D eigenvalue weighted by Crippen LogP contribution is -2.03. The van der Waals surface area contributed by atoms with E-state index >= 15 is 0 Å². The summed E-state index contributed by atoms with van der Waals surface area (Å²) in [4.78, 5) is 0. The highest BCUT2D eigenvalue weighted by atomic mass is 35.5. The molecule has 15 heavy (non-hydrogen) atoms. The van der Waals surface area contributed by atoms with Crippen molar-refractivity contribution in [3.8, 4) is 0 Å². The van der Waals surface area contributed by atoms with E-state index in [0.717, 1.165) is 12.4 Å². The molecule has 5 heteroatoms. The van der Waals surface area contributed by atoms with Crippen molar-refractivity contribution >= 4 is 29.3 Å². The molecule has 2 rings (SSSR count). The van der Waals surface area contributed by atoms with Gasteiger partial charge in [0.05, 0.1) is 13.2 Å². The number of nitrogens with one attached hydrogen (secondary N) is 1. The summed E-state index contributed by atoms with van der Waals surface area (Å²) < 4.78 is 5.32. The van der Waals surface area contributed by atoms with E-state index in [1.165, 1.54) is 28.5 Å². The van der Waals surface area contributed by atoms with Crippen molar-refractivity contribution in [2.45, 2.75) is 19.0 Å². The molecular weight excluding hydrogens is 232 g/mol. The van der Waals surface area contributed by atoms with Crippen LogP contribution in [0, 0.1) is 5.41 Å². The average Bonchev–Trinajstić information content (AvgIpc) is 2.61. The molecular formula is C10H13ClN2OS. The third kappa shape index (κ3) is 3.12. The monoisotopic (exact) mass is 244 g/mol. The van der Waals surface area contributed by atoms with Gasteiger partial charge in [-0.15, -0.1) is 12.4 Å². The van der Waals surface area contributed by atoms with Gasteiger partial charge in [0.25, 0.3) is 0 Å². The minimum Gasteiger partial charge on any atom is -0.379 e. The molecule has 1 aromatic rings.